The number of rotatable bonds is 2. The molecule has 1 aromatic carbocycles. The predicted molar refractivity (Wildman–Crippen MR) is 68.7 cm³/mol. The summed E-state index contributed by atoms with van der Waals surface area (Å²) >= 11 is 3.41. The first-order valence-electron chi connectivity index (χ1n) is 5.52. The van der Waals surface area contributed by atoms with Gasteiger partial charge in [0.05, 0.1) is 0 Å². The lowest BCUT2D eigenvalue weighted by Crippen LogP contribution is -2.29. The number of anilines is 1. The van der Waals surface area contributed by atoms with Gasteiger partial charge in [-0.3, -0.25) is 4.79 Å². The van der Waals surface area contributed by atoms with Gasteiger partial charge in [-0.05, 0) is 37.5 Å². The minimum atomic E-state index is -0.375. The third-order valence-corrected chi connectivity index (χ3v) is 3.35. The van der Waals surface area contributed by atoms with Crippen LogP contribution in [0.15, 0.2) is 22.7 Å². The van der Waals surface area contributed by atoms with Gasteiger partial charge in [0.15, 0.2) is 0 Å². The molecular formula is C12H15BrN2O. The zero-order chi connectivity index (χ0) is 11.5. The number of amides is 1. The Bertz CT molecular complexity index is 400. The molecule has 0 unspecified atom stereocenters. The van der Waals surface area contributed by atoms with Crippen molar-refractivity contribution in [3.05, 3.63) is 28.2 Å². The van der Waals surface area contributed by atoms with Crippen molar-refractivity contribution in [3.8, 4) is 0 Å². The number of nitrogens with two attached hydrogens (primary N) is 1. The lowest BCUT2D eigenvalue weighted by molar-refractivity contribution is 0.100. The van der Waals surface area contributed by atoms with Crippen LogP contribution in [0.25, 0.3) is 0 Å². The van der Waals surface area contributed by atoms with Crippen LogP contribution in [0, 0.1) is 0 Å². The molecule has 0 saturated carbocycles. The summed E-state index contributed by atoms with van der Waals surface area (Å²) in [6.45, 7) is 2.13. The van der Waals surface area contributed by atoms with Crippen LogP contribution < -0.4 is 10.6 Å². The maximum Gasteiger partial charge on any atom is 0.248 e. The SMILES string of the molecule is NC(=O)c1cc(Br)cc(N2CCCCC2)c1. The Labute approximate surface area is 104 Å². The summed E-state index contributed by atoms with van der Waals surface area (Å²) in [6.07, 6.45) is 3.74. The van der Waals surface area contributed by atoms with Crippen molar-refractivity contribution in [2.45, 2.75) is 19.3 Å². The lowest BCUT2D eigenvalue weighted by atomic mass is 10.1. The van der Waals surface area contributed by atoms with Crippen LogP contribution in [0.2, 0.25) is 0 Å². The third kappa shape index (κ3) is 2.55. The fourth-order valence-corrected chi connectivity index (χ4v) is 2.53. The van der Waals surface area contributed by atoms with Gasteiger partial charge in [-0.1, -0.05) is 15.9 Å². The van der Waals surface area contributed by atoms with E-state index in [1.807, 2.05) is 12.1 Å². The molecule has 2 rings (SSSR count). The van der Waals surface area contributed by atoms with Gasteiger partial charge < -0.3 is 10.6 Å². The summed E-state index contributed by atoms with van der Waals surface area (Å²) in [5.41, 5.74) is 6.95. The predicted octanol–water partition coefficient (Wildman–Crippen LogP) is 2.54. The van der Waals surface area contributed by atoms with Gasteiger partial charge in [0.25, 0.3) is 0 Å². The van der Waals surface area contributed by atoms with Gasteiger partial charge in [0.2, 0.25) is 5.91 Å². The number of benzene rings is 1. The van der Waals surface area contributed by atoms with Crippen molar-refractivity contribution < 1.29 is 4.79 Å². The van der Waals surface area contributed by atoms with Crippen molar-refractivity contribution in [3.63, 3.8) is 0 Å². The number of carbonyl (C=O) groups excluding carboxylic acids is 1. The Morgan fingerprint density at radius 1 is 1.19 bits per heavy atom. The van der Waals surface area contributed by atoms with Crippen LogP contribution in [-0.2, 0) is 0 Å². The molecule has 2 N–H and O–H groups in total. The molecule has 1 aromatic rings. The topological polar surface area (TPSA) is 46.3 Å². The van der Waals surface area contributed by atoms with E-state index in [1.54, 1.807) is 6.07 Å². The smallest absolute Gasteiger partial charge is 0.248 e. The van der Waals surface area contributed by atoms with Crippen LogP contribution in [0.4, 0.5) is 5.69 Å². The average molecular weight is 283 g/mol. The quantitative estimate of drug-likeness (QED) is 0.906. The Morgan fingerprint density at radius 2 is 1.88 bits per heavy atom. The molecular weight excluding hydrogens is 268 g/mol. The summed E-state index contributed by atoms with van der Waals surface area (Å²) in [4.78, 5) is 13.5. The number of halogens is 1. The molecule has 0 aromatic heterocycles. The molecule has 4 heteroatoms. The molecule has 1 aliphatic heterocycles. The van der Waals surface area contributed by atoms with E-state index in [-0.39, 0.29) is 5.91 Å². The summed E-state index contributed by atoms with van der Waals surface area (Å²) in [6, 6.07) is 5.67. The standard InChI is InChI=1S/C12H15BrN2O/c13-10-6-9(12(14)16)7-11(8-10)15-4-2-1-3-5-15/h6-8H,1-5H2,(H2,14,16). The summed E-state index contributed by atoms with van der Waals surface area (Å²) in [7, 11) is 0. The van der Waals surface area contributed by atoms with Crippen LogP contribution in [0.5, 0.6) is 0 Å². The highest BCUT2D eigenvalue weighted by Crippen LogP contribution is 2.25. The normalized spacial score (nSPS) is 16.2. The second-order valence-electron chi connectivity index (χ2n) is 4.11. The van der Waals surface area contributed by atoms with Crippen LogP contribution in [-0.4, -0.2) is 19.0 Å². The first kappa shape index (κ1) is 11.5. The average Bonchev–Trinajstić information content (AvgIpc) is 2.29. The number of carbonyl (C=O) groups is 1. The van der Waals surface area contributed by atoms with E-state index in [0.717, 1.165) is 23.2 Å². The summed E-state index contributed by atoms with van der Waals surface area (Å²) in [5.74, 6) is -0.375. The van der Waals surface area contributed by atoms with Gasteiger partial charge >= 0.3 is 0 Å². The van der Waals surface area contributed by atoms with Gasteiger partial charge in [-0.25, -0.2) is 0 Å². The molecule has 86 valence electrons. The molecule has 0 bridgehead atoms. The Morgan fingerprint density at radius 3 is 2.50 bits per heavy atom. The Balaban J connectivity index is 2.28. The van der Waals surface area contributed by atoms with E-state index in [0.29, 0.717) is 5.56 Å². The van der Waals surface area contributed by atoms with E-state index in [1.165, 1.54) is 19.3 Å². The van der Waals surface area contributed by atoms with Crippen LogP contribution in [0.3, 0.4) is 0 Å². The zero-order valence-corrected chi connectivity index (χ0v) is 10.7. The fourth-order valence-electron chi connectivity index (χ4n) is 2.05. The highest BCUT2D eigenvalue weighted by molar-refractivity contribution is 9.10. The molecule has 0 spiro atoms. The molecule has 16 heavy (non-hydrogen) atoms. The van der Waals surface area contributed by atoms with Crippen molar-refractivity contribution in [2.24, 2.45) is 5.73 Å². The monoisotopic (exact) mass is 282 g/mol. The molecule has 1 heterocycles. The number of primary amides is 1. The minimum absolute atomic E-state index is 0.375. The van der Waals surface area contributed by atoms with E-state index >= 15 is 0 Å². The second kappa shape index (κ2) is 4.87. The van der Waals surface area contributed by atoms with Crippen LogP contribution >= 0.6 is 15.9 Å². The first-order valence-corrected chi connectivity index (χ1v) is 6.31. The maximum absolute atomic E-state index is 11.2. The van der Waals surface area contributed by atoms with Crippen molar-refractivity contribution in [2.75, 3.05) is 18.0 Å². The molecule has 1 aliphatic rings. The maximum atomic E-state index is 11.2. The van der Waals surface area contributed by atoms with E-state index in [2.05, 4.69) is 20.8 Å². The number of piperidine rings is 1. The van der Waals surface area contributed by atoms with Crippen molar-refractivity contribution in [1.29, 1.82) is 0 Å². The van der Waals surface area contributed by atoms with Gasteiger partial charge in [-0.2, -0.15) is 0 Å². The number of nitrogens with zero attached hydrogens (tertiary/aromatic N) is 1. The Kier molecular flexibility index (Phi) is 3.49. The van der Waals surface area contributed by atoms with E-state index in [9.17, 15) is 4.79 Å². The van der Waals surface area contributed by atoms with E-state index < -0.39 is 0 Å². The molecule has 0 radical (unpaired) electrons. The highest BCUT2D eigenvalue weighted by atomic mass is 79.9. The highest BCUT2D eigenvalue weighted by Gasteiger charge is 2.13. The summed E-state index contributed by atoms with van der Waals surface area (Å²) < 4.78 is 0.907. The fraction of sp³-hybridized carbons (Fsp3) is 0.417. The first-order chi connectivity index (χ1) is 7.66. The van der Waals surface area contributed by atoms with Crippen molar-refractivity contribution >= 4 is 27.5 Å². The summed E-state index contributed by atoms with van der Waals surface area (Å²) in [5, 5.41) is 0. The largest absolute Gasteiger partial charge is 0.371 e. The van der Waals surface area contributed by atoms with Gasteiger partial charge in [0.1, 0.15) is 0 Å². The van der Waals surface area contributed by atoms with Gasteiger partial charge in [-0.15, -0.1) is 0 Å². The van der Waals surface area contributed by atoms with Crippen molar-refractivity contribution in [1.82, 2.24) is 0 Å². The number of hydrogen-bond acceptors (Lipinski definition) is 2. The zero-order valence-electron chi connectivity index (χ0n) is 9.08. The van der Waals surface area contributed by atoms with Gasteiger partial charge in [0, 0.05) is 28.8 Å². The lowest BCUT2D eigenvalue weighted by Gasteiger charge is -2.29. The molecule has 1 fully saturated rings. The Hall–Kier alpha value is -1.03. The second-order valence-corrected chi connectivity index (χ2v) is 5.03. The minimum Gasteiger partial charge on any atom is -0.371 e. The molecule has 1 amide bonds. The van der Waals surface area contributed by atoms with Crippen LogP contribution in [0.1, 0.15) is 29.6 Å². The third-order valence-electron chi connectivity index (χ3n) is 2.89. The molecule has 1 saturated heterocycles. The molecule has 0 atom stereocenters. The molecule has 0 aliphatic carbocycles. The molecule has 3 nitrogen and oxygen atoms in total. The number of hydrogen-bond donors (Lipinski definition) is 1. The van der Waals surface area contributed by atoms with E-state index in [4.69, 9.17) is 5.73 Å².